The summed E-state index contributed by atoms with van der Waals surface area (Å²) < 4.78 is 0. The van der Waals surface area contributed by atoms with Gasteiger partial charge in [-0.1, -0.05) is 13.0 Å². The Kier molecular flexibility index (Phi) is 4.72. The van der Waals surface area contributed by atoms with Gasteiger partial charge >= 0.3 is 0 Å². The SMILES string of the molecule is CNC1CCC(C)CC1N(C)Cc1ccccn1. The first kappa shape index (κ1) is 13.5. The molecule has 0 bridgehead atoms. The molecule has 1 saturated carbocycles. The number of nitrogens with zero attached hydrogens (tertiary/aromatic N) is 2. The van der Waals surface area contributed by atoms with Crippen molar-refractivity contribution in [3.63, 3.8) is 0 Å². The van der Waals surface area contributed by atoms with Gasteiger partial charge in [0.1, 0.15) is 0 Å². The number of hydrogen-bond donors (Lipinski definition) is 1. The predicted molar refractivity (Wildman–Crippen MR) is 75.4 cm³/mol. The van der Waals surface area contributed by atoms with Crippen molar-refractivity contribution in [3.05, 3.63) is 30.1 Å². The van der Waals surface area contributed by atoms with Crippen LogP contribution in [0.15, 0.2) is 24.4 Å². The summed E-state index contributed by atoms with van der Waals surface area (Å²) in [5.74, 6) is 0.839. The second-order valence-electron chi connectivity index (χ2n) is 5.62. The van der Waals surface area contributed by atoms with Crippen LogP contribution in [0.4, 0.5) is 0 Å². The zero-order valence-corrected chi connectivity index (χ0v) is 11.8. The Morgan fingerprint density at radius 1 is 1.39 bits per heavy atom. The van der Waals surface area contributed by atoms with Crippen LogP contribution in [0.3, 0.4) is 0 Å². The number of nitrogens with one attached hydrogen (secondary N) is 1. The van der Waals surface area contributed by atoms with Gasteiger partial charge in [-0.25, -0.2) is 0 Å². The van der Waals surface area contributed by atoms with Crippen LogP contribution in [0.1, 0.15) is 31.9 Å². The molecule has 3 atom stereocenters. The molecule has 1 aliphatic carbocycles. The smallest absolute Gasteiger partial charge is 0.0543 e. The molecule has 3 nitrogen and oxygen atoms in total. The average molecular weight is 247 g/mol. The van der Waals surface area contributed by atoms with Crippen LogP contribution in [-0.2, 0) is 6.54 Å². The molecule has 0 amide bonds. The maximum Gasteiger partial charge on any atom is 0.0543 e. The Morgan fingerprint density at radius 3 is 2.89 bits per heavy atom. The van der Waals surface area contributed by atoms with Crippen molar-refractivity contribution in [3.8, 4) is 0 Å². The molecule has 1 N–H and O–H groups in total. The minimum atomic E-state index is 0.620. The fourth-order valence-corrected chi connectivity index (χ4v) is 3.04. The van der Waals surface area contributed by atoms with E-state index < -0.39 is 0 Å². The Morgan fingerprint density at radius 2 is 2.22 bits per heavy atom. The molecule has 3 unspecified atom stereocenters. The summed E-state index contributed by atoms with van der Waals surface area (Å²) in [6.07, 6.45) is 5.80. The second kappa shape index (κ2) is 6.30. The van der Waals surface area contributed by atoms with E-state index in [9.17, 15) is 0 Å². The summed E-state index contributed by atoms with van der Waals surface area (Å²) in [7, 11) is 4.31. The lowest BCUT2D eigenvalue weighted by Crippen LogP contribution is -2.50. The van der Waals surface area contributed by atoms with Gasteiger partial charge in [-0.05, 0) is 51.4 Å². The van der Waals surface area contributed by atoms with E-state index in [4.69, 9.17) is 0 Å². The minimum absolute atomic E-state index is 0.620. The zero-order valence-electron chi connectivity index (χ0n) is 11.8. The van der Waals surface area contributed by atoms with Crippen LogP contribution in [0, 0.1) is 5.92 Å². The van der Waals surface area contributed by atoms with Crippen LogP contribution in [-0.4, -0.2) is 36.1 Å². The fraction of sp³-hybridized carbons (Fsp3) is 0.667. The molecule has 0 radical (unpaired) electrons. The average Bonchev–Trinajstić information content (AvgIpc) is 2.40. The summed E-state index contributed by atoms with van der Waals surface area (Å²) in [6.45, 7) is 3.31. The summed E-state index contributed by atoms with van der Waals surface area (Å²) in [4.78, 5) is 6.88. The molecule has 1 fully saturated rings. The van der Waals surface area contributed by atoms with E-state index in [1.165, 1.54) is 19.3 Å². The molecule has 3 heteroatoms. The van der Waals surface area contributed by atoms with Crippen molar-refractivity contribution in [2.24, 2.45) is 5.92 Å². The van der Waals surface area contributed by atoms with Gasteiger partial charge < -0.3 is 5.32 Å². The molecule has 18 heavy (non-hydrogen) atoms. The first-order valence-corrected chi connectivity index (χ1v) is 6.98. The molecule has 0 spiro atoms. The lowest BCUT2D eigenvalue weighted by molar-refractivity contribution is 0.121. The molecule has 1 aliphatic rings. The molecule has 0 aliphatic heterocycles. The van der Waals surface area contributed by atoms with Crippen molar-refractivity contribution in [1.82, 2.24) is 15.2 Å². The molecule has 0 aromatic carbocycles. The van der Waals surface area contributed by atoms with Crippen molar-refractivity contribution in [2.75, 3.05) is 14.1 Å². The minimum Gasteiger partial charge on any atom is -0.315 e. The number of likely N-dealkylation sites (N-methyl/N-ethyl adjacent to an activating group) is 2. The normalized spacial score (nSPS) is 28.6. The summed E-state index contributed by atoms with van der Waals surface area (Å²) >= 11 is 0. The molecular weight excluding hydrogens is 222 g/mol. The molecule has 1 aromatic heterocycles. The van der Waals surface area contributed by atoms with E-state index in [1.807, 2.05) is 12.3 Å². The number of aromatic nitrogens is 1. The summed E-state index contributed by atoms with van der Waals surface area (Å²) in [6, 6.07) is 7.39. The predicted octanol–water partition coefficient (Wildman–Crippen LogP) is 2.29. The first-order chi connectivity index (χ1) is 8.70. The Labute approximate surface area is 111 Å². The zero-order chi connectivity index (χ0) is 13.0. The highest BCUT2D eigenvalue weighted by atomic mass is 15.2. The monoisotopic (exact) mass is 247 g/mol. The van der Waals surface area contributed by atoms with Crippen molar-refractivity contribution in [1.29, 1.82) is 0 Å². The standard InChI is InChI=1S/C15H25N3/c1-12-7-8-14(16-2)15(10-12)18(3)11-13-6-4-5-9-17-13/h4-6,9,12,14-16H,7-8,10-11H2,1-3H3. The van der Waals surface area contributed by atoms with Gasteiger partial charge in [0, 0.05) is 24.8 Å². The maximum atomic E-state index is 4.42. The lowest BCUT2D eigenvalue weighted by atomic mass is 9.82. The largest absolute Gasteiger partial charge is 0.315 e. The molecule has 1 heterocycles. The van der Waals surface area contributed by atoms with Gasteiger partial charge in [-0.3, -0.25) is 9.88 Å². The second-order valence-corrected chi connectivity index (χ2v) is 5.62. The van der Waals surface area contributed by atoms with E-state index in [0.717, 1.165) is 18.2 Å². The first-order valence-electron chi connectivity index (χ1n) is 6.98. The lowest BCUT2D eigenvalue weighted by Gasteiger charge is -2.40. The van der Waals surface area contributed by atoms with Gasteiger partial charge in [0.2, 0.25) is 0 Å². The van der Waals surface area contributed by atoms with Gasteiger partial charge in [-0.15, -0.1) is 0 Å². The number of hydrogen-bond acceptors (Lipinski definition) is 3. The Balaban J connectivity index is 1.99. The van der Waals surface area contributed by atoms with Gasteiger partial charge in [0.05, 0.1) is 5.69 Å². The van der Waals surface area contributed by atoms with E-state index in [2.05, 4.69) is 48.4 Å². The summed E-state index contributed by atoms with van der Waals surface area (Å²) in [5.41, 5.74) is 1.16. The van der Waals surface area contributed by atoms with Crippen LogP contribution in [0.2, 0.25) is 0 Å². The van der Waals surface area contributed by atoms with Gasteiger partial charge in [0.25, 0.3) is 0 Å². The van der Waals surface area contributed by atoms with Crippen LogP contribution in [0.5, 0.6) is 0 Å². The fourth-order valence-electron chi connectivity index (χ4n) is 3.04. The molecular formula is C15H25N3. The highest BCUT2D eigenvalue weighted by Gasteiger charge is 2.30. The molecule has 0 saturated heterocycles. The van der Waals surface area contributed by atoms with Crippen molar-refractivity contribution >= 4 is 0 Å². The Hall–Kier alpha value is -0.930. The van der Waals surface area contributed by atoms with Crippen LogP contribution < -0.4 is 5.32 Å². The highest BCUT2D eigenvalue weighted by Crippen LogP contribution is 2.27. The molecule has 100 valence electrons. The van der Waals surface area contributed by atoms with E-state index >= 15 is 0 Å². The van der Waals surface area contributed by atoms with Gasteiger partial charge in [0.15, 0.2) is 0 Å². The van der Waals surface area contributed by atoms with Crippen LogP contribution in [0.25, 0.3) is 0 Å². The topological polar surface area (TPSA) is 28.2 Å². The number of rotatable bonds is 4. The third-order valence-electron chi connectivity index (χ3n) is 4.15. The van der Waals surface area contributed by atoms with Gasteiger partial charge in [-0.2, -0.15) is 0 Å². The Bertz CT molecular complexity index is 352. The third kappa shape index (κ3) is 3.30. The quantitative estimate of drug-likeness (QED) is 0.885. The maximum absolute atomic E-state index is 4.42. The van der Waals surface area contributed by atoms with Crippen molar-refractivity contribution in [2.45, 2.75) is 44.8 Å². The molecule has 2 rings (SSSR count). The summed E-state index contributed by atoms with van der Waals surface area (Å²) in [5, 5.41) is 3.48. The van der Waals surface area contributed by atoms with E-state index in [-0.39, 0.29) is 0 Å². The van der Waals surface area contributed by atoms with Crippen LogP contribution >= 0.6 is 0 Å². The van der Waals surface area contributed by atoms with E-state index in [1.54, 1.807) is 0 Å². The molecule has 1 aromatic rings. The van der Waals surface area contributed by atoms with Crippen molar-refractivity contribution < 1.29 is 0 Å². The number of pyridine rings is 1. The highest BCUT2D eigenvalue weighted by molar-refractivity contribution is 5.04. The van der Waals surface area contributed by atoms with E-state index in [0.29, 0.717) is 12.1 Å². The third-order valence-corrected chi connectivity index (χ3v) is 4.15.